The number of nitrogens with zero attached hydrogens (tertiary/aromatic N) is 4. The maximum Gasteiger partial charge on any atom is 0.228 e. The van der Waals surface area contributed by atoms with Gasteiger partial charge >= 0.3 is 0 Å². The number of anilines is 1. The lowest BCUT2D eigenvalue weighted by Crippen LogP contribution is -2.49. The number of aromatic nitrogens is 1. The summed E-state index contributed by atoms with van der Waals surface area (Å²) in [6.07, 6.45) is 11.2. The van der Waals surface area contributed by atoms with Crippen molar-refractivity contribution in [1.82, 2.24) is 14.8 Å². The van der Waals surface area contributed by atoms with Gasteiger partial charge in [-0.1, -0.05) is 32.3 Å². The van der Waals surface area contributed by atoms with Crippen LogP contribution >= 0.6 is 0 Å². The van der Waals surface area contributed by atoms with Gasteiger partial charge < -0.3 is 14.7 Å². The highest BCUT2D eigenvalue weighted by Gasteiger charge is 2.39. The molecule has 6 heteroatoms. The van der Waals surface area contributed by atoms with E-state index in [2.05, 4.69) is 21.7 Å². The van der Waals surface area contributed by atoms with Crippen LogP contribution in [0.15, 0.2) is 24.4 Å². The second-order valence-electron chi connectivity index (χ2n) is 9.98. The lowest BCUT2D eigenvalue weighted by molar-refractivity contribution is -0.145. The van der Waals surface area contributed by atoms with Gasteiger partial charge in [0.2, 0.25) is 11.8 Å². The smallest absolute Gasteiger partial charge is 0.228 e. The van der Waals surface area contributed by atoms with Crippen molar-refractivity contribution in [3.05, 3.63) is 24.4 Å². The Bertz CT molecular complexity index is 739. The van der Waals surface area contributed by atoms with E-state index in [0.29, 0.717) is 18.2 Å². The molecule has 2 aliphatic heterocycles. The Kier molecular flexibility index (Phi) is 7.13. The highest BCUT2D eigenvalue weighted by Crippen LogP contribution is 2.38. The molecule has 1 atom stereocenters. The summed E-state index contributed by atoms with van der Waals surface area (Å²) in [4.78, 5) is 36.8. The number of rotatable bonds is 5. The molecule has 4 rings (SSSR count). The second kappa shape index (κ2) is 10.0. The van der Waals surface area contributed by atoms with Gasteiger partial charge in [0.05, 0.1) is 0 Å². The van der Waals surface area contributed by atoms with Gasteiger partial charge in [-0.05, 0) is 50.2 Å². The Labute approximate surface area is 187 Å². The van der Waals surface area contributed by atoms with Crippen LogP contribution in [-0.4, -0.2) is 65.9 Å². The van der Waals surface area contributed by atoms with Crippen LogP contribution < -0.4 is 4.90 Å². The number of hydrogen-bond acceptors (Lipinski definition) is 4. The molecule has 3 aliphatic rings. The Hall–Kier alpha value is -2.11. The molecule has 31 heavy (non-hydrogen) atoms. The Morgan fingerprint density at radius 1 is 1.00 bits per heavy atom. The average Bonchev–Trinajstić information content (AvgIpc) is 2.83. The summed E-state index contributed by atoms with van der Waals surface area (Å²) in [6.45, 7) is 7.13. The van der Waals surface area contributed by atoms with Crippen molar-refractivity contribution in [2.45, 2.75) is 64.7 Å². The van der Waals surface area contributed by atoms with Crippen molar-refractivity contribution in [1.29, 1.82) is 0 Å². The first-order chi connectivity index (χ1) is 15.0. The molecule has 1 aliphatic carbocycles. The highest BCUT2D eigenvalue weighted by atomic mass is 16.2. The maximum atomic E-state index is 13.2. The monoisotopic (exact) mass is 426 g/mol. The summed E-state index contributed by atoms with van der Waals surface area (Å²) < 4.78 is 0. The first-order valence-corrected chi connectivity index (χ1v) is 12.3. The molecule has 6 nitrogen and oxygen atoms in total. The zero-order valence-corrected chi connectivity index (χ0v) is 19.1. The molecule has 170 valence electrons. The van der Waals surface area contributed by atoms with E-state index in [9.17, 15) is 9.59 Å². The minimum atomic E-state index is -0.150. The fraction of sp³-hybridized carbons (Fsp3) is 0.720. The summed E-state index contributed by atoms with van der Waals surface area (Å²) in [7, 11) is 0. The molecule has 2 saturated heterocycles. The molecule has 1 saturated carbocycles. The Balaban J connectivity index is 1.22. The minimum absolute atomic E-state index is 0.150. The van der Waals surface area contributed by atoms with Crippen LogP contribution in [0, 0.1) is 11.3 Å². The molecule has 1 aromatic heterocycles. The molecule has 3 fully saturated rings. The van der Waals surface area contributed by atoms with E-state index < -0.39 is 0 Å². The molecule has 0 N–H and O–H groups in total. The van der Waals surface area contributed by atoms with E-state index in [1.165, 1.54) is 19.3 Å². The SMILES string of the molecule is CC1(C(=O)N2CCC[C@H](CCC(=O)N3CCN(c4ccccn4)CC3)C2)CCCCC1. The average molecular weight is 427 g/mol. The van der Waals surface area contributed by atoms with Gasteiger partial charge in [0.1, 0.15) is 5.82 Å². The van der Waals surface area contributed by atoms with Crippen molar-refractivity contribution in [3.8, 4) is 0 Å². The third-order valence-electron chi connectivity index (χ3n) is 7.65. The van der Waals surface area contributed by atoms with Gasteiger partial charge in [-0.15, -0.1) is 0 Å². The van der Waals surface area contributed by atoms with E-state index in [0.717, 1.165) is 77.2 Å². The first-order valence-electron chi connectivity index (χ1n) is 12.3. The molecule has 0 spiro atoms. The zero-order chi connectivity index (χ0) is 21.7. The summed E-state index contributed by atoms with van der Waals surface area (Å²) in [5, 5.41) is 0. The van der Waals surface area contributed by atoms with E-state index in [4.69, 9.17) is 0 Å². The molecule has 3 heterocycles. The van der Waals surface area contributed by atoms with Crippen molar-refractivity contribution in [2.75, 3.05) is 44.2 Å². The van der Waals surface area contributed by atoms with Crippen LogP contribution in [0.3, 0.4) is 0 Å². The van der Waals surface area contributed by atoms with Gasteiger partial charge in [0.15, 0.2) is 0 Å². The van der Waals surface area contributed by atoms with E-state index in [-0.39, 0.29) is 11.3 Å². The highest BCUT2D eigenvalue weighted by molar-refractivity contribution is 5.82. The fourth-order valence-corrected chi connectivity index (χ4v) is 5.62. The Morgan fingerprint density at radius 2 is 1.77 bits per heavy atom. The predicted molar refractivity (Wildman–Crippen MR) is 123 cm³/mol. The molecule has 0 aromatic carbocycles. The normalized spacial score (nSPS) is 24.2. The number of pyridine rings is 1. The van der Waals surface area contributed by atoms with Crippen molar-refractivity contribution >= 4 is 17.6 Å². The van der Waals surface area contributed by atoms with Crippen LogP contribution in [0.4, 0.5) is 5.82 Å². The molecule has 2 amide bonds. The number of piperazine rings is 1. The molecule has 1 aromatic rings. The minimum Gasteiger partial charge on any atom is -0.353 e. The summed E-state index contributed by atoms with van der Waals surface area (Å²) in [5.74, 6) is 2.09. The quantitative estimate of drug-likeness (QED) is 0.720. The van der Waals surface area contributed by atoms with Gasteiger partial charge in [-0.2, -0.15) is 0 Å². The zero-order valence-electron chi connectivity index (χ0n) is 19.1. The lowest BCUT2D eigenvalue weighted by Gasteiger charge is -2.41. The number of piperidine rings is 1. The fourth-order valence-electron chi connectivity index (χ4n) is 5.62. The van der Waals surface area contributed by atoms with Crippen LogP contribution in [0.5, 0.6) is 0 Å². The third-order valence-corrected chi connectivity index (χ3v) is 7.65. The van der Waals surface area contributed by atoms with Gasteiger partial charge in [0.25, 0.3) is 0 Å². The number of likely N-dealkylation sites (tertiary alicyclic amines) is 1. The van der Waals surface area contributed by atoms with E-state index in [1.54, 1.807) is 0 Å². The van der Waals surface area contributed by atoms with Gasteiger partial charge in [-0.25, -0.2) is 4.98 Å². The Morgan fingerprint density at radius 3 is 2.48 bits per heavy atom. The molecule has 0 radical (unpaired) electrons. The second-order valence-corrected chi connectivity index (χ2v) is 9.98. The maximum absolute atomic E-state index is 13.2. The molecule has 0 bridgehead atoms. The number of hydrogen-bond donors (Lipinski definition) is 0. The van der Waals surface area contributed by atoms with Crippen LogP contribution in [0.1, 0.15) is 64.7 Å². The largest absolute Gasteiger partial charge is 0.353 e. The first kappa shape index (κ1) is 22.1. The van der Waals surface area contributed by atoms with Crippen molar-refractivity contribution < 1.29 is 9.59 Å². The third kappa shape index (κ3) is 5.39. The molecular weight excluding hydrogens is 388 g/mol. The number of carbonyl (C=O) groups is 2. The summed E-state index contributed by atoms with van der Waals surface area (Å²) >= 11 is 0. The summed E-state index contributed by atoms with van der Waals surface area (Å²) in [5.41, 5.74) is -0.150. The van der Waals surface area contributed by atoms with Crippen molar-refractivity contribution in [2.24, 2.45) is 11.3 Å². The molecule has 0 unspecified atom stereocenters. The van der Waals surface area contributed by atoms with Crippen molar-refractivity contribution in [3.63, 3.8) is 0 Å². The predicted octanol–water partition coefficient (Wildman–Crippen LogP) is 3.72. The van der Waals surface area contributed by atoms with E-state index in [1.807, 2.05) is 29.3 Å². The van der Waals surface area contributed by atoms with E-state index >= 15 is 0 Å². The number of amides is 2. The number of carbonyl (C=O) groups excluding carboxylic acids is 2. The lowest BCUT2D eigenvalue weighted by atomic mass is 9.74. The van der Waals surface area contributed by atoms with Crippen LogP contribution in [0.25, 0.3) is 0 Å². The van der Waals surface area contributed by atoms with Gasteiger partial charge in [0, 0.05) is 57.3 Å². The van der Waals surface area contributed by atoms with Crippen LogP contribution in [0.2, 0.25) is 0 Å². The molecular formula is C25H38N4O2. The summed E-state index contributed by atoms with van der Waals surface area (Å²) in [6, 6.07) is 5.97. The standard InChI is InChI=1S/C25H38N4O2/c1-25(12-4-2-5-13-25)24(31)29-15-7-8-21(20-29)10-11-23(30)28-18-16-27(17-19-28)22-9-3-6-14-26-22/h3,6,9,14,21H,2,4-5,7-8,10-13,15-20H2,1H3/t21-/m1/s1. The van der Waals surface area contributed by atoms with Crippen LogP contribution in [-0.2, 0) is 9.59 Å². The van der Waals surface area contributed by atoms with Gasteiger partial charge in [-0.3, -0.25) is 9.59 Å². The topological polar surface area (TPSA) is 56.8 Å².